The third kappa shape index (κ3) is 3.19. The molecular formula is C27H18O4. The molecule has 31 heavy (non-hydrogen) atoms. The summed E-state index contributed by atoms with van der Waals surface area (Å²) in [5.74, 6) is -1.91. The van der Waals surface area contributed by atoms with Gasteiger partial charge in [0.1, 0.15) is 0 Å². The molecule has 4 aromatic carbocycles. The minimum atomic E-state index is -0.958. The maximum atomic E-state index is 11.3. The predicted molar refractivity (Wildman–Crippen MR) is 119 cm³/mol. The van der Waals surface area contributed by atoms with E-state index in [-0.39, 0.29) is 11.1 Å². The van der Waals surface area contributed by atoms with Crippen molar-refractivity contribution in [1.29, 1.82) is 0 Å². The summed E-state index contributed by atoms with van der Waals surface area (Å²) in [6, 6.07) is 26.3. The van der Waals surface area contributed by atoms with E-state index in [1.165, 1.54) is 22.3 Å². The molecule has 0 radical (unpaired) electrons. The average molecular weight is 406 g/mol. The Morgan fingerprint density at radius 2 is 1.13 bits per heavy atom. The maximum absolute atomic E-state index is 11.3. The first kappa shape index (κ1) is 18.8. The SMILES string of the molecule is O=C(O)c1ccc(-c2ccc3c(c2-c2ccc(C(=O)O)cc2)Cc2ccccc2-3)cc1. The third-order valence-electron chi connectivity index (χ3n) is 5.85. The van der Waals surface area contributed by atoms with E-state index in [1.54, 1.807) is 24.3 Å². The molecule has 0 aromatic heterocycles. The zero-order valence-electron chi connectivity index (χ0n) is 16.5. The molecule has 0 amide bonds. The summed E-state index contributed by atoms with van der Waals surface area (Å²) in [6.07, 6.45) is 0.794. The number of hydrogen-bond acceptors (Lipinski definition) is 2. The van der Waals surface area contributed by atoms with E-state index in [0.717, 1.165) is 28.7 Å². The van der Waals surface area contributed by atoms with Crippen molar-refractivity contribution in [2.24, 2.45) is 0 Å². The molecule has 4 aromatic rings. The van der Waals surface area contributed by atoms with Crippen LogP contribution in [0.4, 0.5) is 0 Å². The lowest BCUT2D eigenvalue weighted by atomic mass is 9.87. The van der Waals surface area contributed by atoms with Crippen LogP contribution in [-0.2, 0) is 6.42 Å². The molecule has 1 aliphatic carbocycles. The highest BCUT2D eigenvalue weighted by Gasteiger charge is 2.24. The fourth-order valence-electron chi connectivity index (χ4n) is 4.35. The highest BCUT2D eigenvalue weighted by atomic mass is 16.4. The van der Waals surface area contributed by atoms with Crippen LogP contribution in [0.15, 0.2) is 84.9 Å². The van der Waals surface area contributed by atoms with Gasteiger partial charge < -0.3 is 10.2 Å². The molecular weight excluding hydrogens is 388 g/mol. The Labute approximate surface area is 179 Å². The number of carbonyl (C=O) groups is 2. The fourth-order valence-corrected chi connectivity index (χ4v) is 4.35. The number of rotatable bonds is 4. The van der Waals surface area contributed by atoms with Crippen molar-refractivity contribution < 1.29 is 19.8 Å². The zero-order valence-corrected chi connectivity index (χ0v) is 16.5. The smallest absolute Gasteiger partial charge is 0.335 e. The Morgan fingerprint density at radius 3 is 1.74 bits per heavy atom. The number of aromatic carboxylic acids is 2. The number of benzene rings is 4. The lowest BCUT2D eigenvalue weighted by molar-refractivity contribution is 0.0686. The van der Waals surface area contributed by atoms with Gasteiger partial charge >= 0.3 is 11.9 Å². The minimum absolute atomic E-state index is 0.240. The third-order valence-corrected chi connectivity index (χ3v) is 5.85. The van der Waals surface area contributed by atoms with Crippen LogP contribution in [0.5, 0.6) is 0 Å². The van der Waals surface area contributed by atoms with E-state index in [4.69, 9.17) is 0 Å². The van der Waals surface area contributed by atoms with Gasteiger partial charge in [-0.2, -0.15) is 0 Å². The highest BCUT2D eigenvalue weighted by Crippen LogP contribution is 2.45. The summed E-state index contributed by atoms with van der Waals surface area (Å²) in [6.45, 7) is 0. The van der Waals surface area contributed by atoms with Gasteiger partial charge in [0, 0.05) is 0 Å². The number of hydrogen-bond donors (Lipinski definition) is 2. The Balaban J connectivity index is 1.73. The molecule has 2 N–H and O–H groups in total. The molecule has 0 atom stereocenters. The van der Waals surface area contributed by atoms with Crippen LogP contribution in [0.2, 0.25) is 0 Å². The van der Waals surface area contributed by atoms with Gasteiger partial charge in [0.25, 0.3) is 0 Å². The number of fused-ring (bicyclic) bond motifs is 3. The summed E-state index contributed by atoms with van der Waals surface area (Å²) in [5.41, 5.74) is 9.24. The van der Waals surface area contributed by atoms with Crippen molar-refractivity contribution in [1.82, 2.24) is 0 Å². The first-order valence-electron chi connectivity index (χ1n) is 9.94. The molecule has 0 saturated heterocycles. The Bertz CT molecular complexity index is 1330. The maximum Gasteiger partial charge on any atom is 0.335 e. The summed E-state index contributed by atoms with van der Waals surface area (Å²) in [7, 11) is 0. The van der Waals surface area contributed by atoms with E-state index in [0.29, 0.717) is 0 Å². The van der Waals surface area contributed by atoms with Gasteiger partial charge in [-0.05, 0) is 75.2 Å². The van der Waals surface area contributed by atoms with Gasteiger partial charge in [0.15, 0.2) is 0 Å². The Hall–Kier alpha value is -4.18. The molecule has 0 saturated carbocycles. The van der Waals surface area contributed by atoms with Crippen LogP contribution in [0.1, 0.15) is 31.8 Å². The van der Waals surface area contributed by atoms with Crippen LogP contribution in [0, 0.1) is 0 Å². The van der Waals surface area contributed by atoms with Crippen molar-refractivity contribution in [3.05, 3.63) is 107 Å². The quantitative estimate of drug-likeness (QED) is 0.384. The van der Waals surface area contributed by atoms with Gasteiger partial charge in [0.05, 0.1) is 11.1 Å². The second-order valence-corrected chi connectivity index (χ2v) is 7.61. The second-order valence-electron chi connectivity index (χ2n) is 7.61. The van der Waals surface area contributed by atoms with Crippen LogP contribution >= 0.6 is 0 Å². The number of carboxylic acids is 2. The van der Waals surface area contributed by atoms with Gasteiger partial charge in [0.2, 0.25) is 0 Å². The van der Waals surface area contributed by atoms with Crippen molar-refractivity contribution in [3.63, 3.8) is 0 Å². The standard InChI is InChI=1S/C27H18O4/c28-26(29)18-9-5-16(6-10-18)22-13-14-23-21-4-2-1-3-20(21)15-24(23)25(22)17-7-11-19(12-8-17)27(30)31/h1-14H,15H2,(H,28,29)(H,30,31). The first-order valence-corrected chi connectivity index (χ1v) is 9.94. The van der Waals surface area contributed by atoms with E-state index in [2.05, 4.69) is 24.3 Å². The summed E-state index contributed by atoms with van der Waals surface area (Å²) < 4.78 is 0. The summed E-state index contributed by atoms with van der Waals surface area (Å²) >= 11 is 0. The summed E-state index contributed by atoms with van der Waals surface area (Å²) in [4.78, 5) is 22.6. The van der Waals surface area contributed by atoms with Crippen molar-refractivity contribution >= 4 is 11.9 Å². The monoisotopic (exact) mass is 406 g/mol. The van der Waals surface area contributed by atoms with Crippen molar-refractivity contribution in [2.75, 3.05) is 0 Å². The molecule has 5 rings (SSSR count). The molecule has 0 heterocycles. The average Bonchev–Trinajstić information content (AvgIpc) is 3.17. The lowest BCUT2D eigenvalue weighted by Gasteiger charge is -2.16. The molecule has 1 aliphatic rings. The van der Waals surface area contributed by atoms with Crippen molar-refractivity contribution in [2.45, 2.75) is 6.42 Å². The van der Waals surface area contributed by atoms with Gasteiger partial charge in [-0.3, -0.25) is 0 Å². The molecule has 4 heteroatoms. The largest absolute Gasteiger partial charge is 0.478 e. The van der Waals surface area contributed by atoms with Crippen LogP contribution < -0.4 is 0 Å². The minimum Gasteiger partial charge on any atom is -0.478 e. The topological polar surface area (TPSA) is 74.6 Å². The Morgan fingerprint density at radius 1 is 0.581 bits per heavy atom. The molecule has 0 unspecified atom stereocenters. The second kappa shape index (κ2) is 7.26. The molecule has 4 nitrogen and oxygen atoms in total. The van der Waals surface area contributed by atoms with E-state index in [1.807, 2.05) is 36.4 Å². The van der Waals surface area contributed by atoms with Crippen LogP contribution in [0.25, 0.3) is 33.4 Å². The highest BCUT2D eigenvalue weighted by molar-refractivity contribution is 5.95. The molecule has 0 aliphatic heterocycles. The van der Waals surface area contributed by atoms with Crippen LogP contribution in [0.3, 0.4) is 0 Å². The molecule has 150 valence electrons. The van der Waals surface area contributed by atoms with Gasteiger partial charge in [-0.15, -0.1) is 0 Å². The Kier molecular flexibility index (Phi) is 4.41. The van der Waals surface area contributed by atoms with Crippen LogP contribution in [-0.4, -0.2) is 22.2 Å². The predicted octanol–water partition coefficient (Wildman–Crippen LogP) is 5.99. The lowest BCUT2D eigenvalue weighted by Crippen LogP contribution is -1.98. The first-order chi connectivity index (χ1) is 15.0. The van der Waals surface area contributed by atoms with Gasteiger partial charge in [-0.25, -0.2) is 9.59 Å². The van der Waals surface area contributed by atoms with E-state index < -0.39 is 11.9 Å². The molecule has 0 bridgehead atoms. The van der Waals surface area contributed by atoms with Crippen molar-refractivity contribution in [3.8, 4) is 33.4 Å². The molecule has 0 fully saturated rings. The molecule has 0 spiro atoms. The van der Waals surface area contributed by atoms with E-state index in [9.17, 15) is 19.8 Å². The zero-order chi connectivity index (χ0) is 21.5. The summed E-state index contributed by atoms with van der Waals surface area (Å²) in [5, 5.41) is 18.5. The normalized spacial score (nSPS) is 11.6. The van der Waals surface area contributed by atoms with E-state index >= 15 is 0 Å². The van der Waals surface area contributed by atoms with Gasteiger partial charge in [-0.1, -0.05) is 60.7 Å². The number of carboxylic acid groups (broad SMARTS) is 2. The fraction of sp³-hybridized carbons (Fsp3) is 0.0370.